The van der Waals surface area contributed by atoms with E-state index in [1.165, 1.54) is 0 Å². The smallest absolute Gasteiger partial charge is 0.225 e. The van der Waals surface area contributed by atoms with Gasteiger partial charge in [-0.3, -0.25) is 4.98 Å². The molecule has 0 radical (unpaired) electrons. The van der Waals surface area contributed by atoms with Gasteiger partial charge in [-0.25, -0.2) is 4.99 Å². The number of methoxy groups -OCH3 is 2. The number of fused-ring (bicyclic) bond motifs is 1. The molecule has 2 heterocycles. The van der Waals surface area contributed by atoms with E-state index in [0.29, 0.717) is 17.2 Å². The molecule has 2 aromatic rings. The first kappa shape index (κ1) is 16.8. The van der Waals surface area contributed by atoms with Crippen LogP contribution in [0.15, 0.2) is 29.4 Å². The van der Waals surface area contributed by atoms with E-state index in [1.54, 1.807) is 20.4 Å². The molecule has 1 aliphatic heterocycles. The molecule has 1 aliphatic rings. The number of rotatable bonds is 4. The molecular weight excluding hydrogens is 324 g/mol. The van der Waals surface area contributed by atoms with Crippen molar-refractivity contribution in [3.63, 3.8) is 0 Å². The molecule has 3 rings (SSSR count). The lowest BCUT2D eigenvalue weighted by atomic mass is 10.1. The highest BCUT2D eigenvalue weighted by Gasteiger charge is 2.27. The molecule has 0 fully saturated rings. The van der Waals surface area contributed by atoms with Gasteiger partial charge in [-0.1, -0.05) is 6.07 Å². The molecule has 24 heavy (non-hydrogen) atoms. The Morgan fingerprint density at radius 3 is 2.71 bits per heavy atom. The van der Waals surface area contributed by atoms with Crippen molar-refractivity contribution in [3.05, 3.63) is 46.8 Å². The van der Waals surface area contributed by atoms with E-state index < -0.39 is 11.2 Å². The average molecular weight is 344 g/mol. The van der Waals surface area contributed by atoms with Crippen LogP contribution >= 0.6 is 0 Å². The van der Waals surface area contributed by atoms with E-state index >= 15 is 0 Å². The number of benzene rings is 1. The van der Waals surface area contributed by atoms with Gasteiger partial charge in [0.1, 0.15) is 11.5 Å². The van der Waals surface area contributed by atoms with Crippen molar-refractivity contribution in [3.8, 4) is 11.5 Å². The van der Waals surface area contributed by atoms with E-state index in [9.17, 15) is 4.55 Å². The number of aryl methyl sites for hydroxylation is 1. The summed E-state index contributed by atoms with van der Waals surface area (Å²) in [5.74, 6) is 1.90. The Hall–Kier alpha value is -2.05. The molecule has 126 valence electrons. The van der Waals surface area contributed by atoms with Crippen LogP contribution in [0.2, 0.25) is 0 Å². The van der Waals surface area contributed by atoms with Crippen molar-refractivity contribution in [2.45, 2.75) is 26.0 Å². The third-order valence-electron chi connectivity index (χ3n) is 4.16. The van der Waals surface area contributed by atoms with Crippen molar-refractivity contribution in [2.24, 2.45) is 4.99 Å². The fourth-order valence-electron chi connectivity index (χ4n) is 2.82. The summed E-state index contributed by atoms with van der Waals surface area (Å²) >= 11 is -1.22. The molecule has 1 atom stereocenters. The standard InChI is InChI=1S/C18H20N2O3S/c1-11-9-19-16(12(2)18(11)23-4)10-24(21)17-7-13-5-6-14(22-3)8-15(13)20-17/h5-6,8-9H,7,10H2,1-4H3. The number of nitrogens with zero attached hydrogens (tertiary/aromatic N) is 2. The Labute approximate surface area is 144 Å². The van der Waals surface area contributed by atoms with Crippen LogP contribution in [0.3, 0.4) is 0 Å². The molecule has 0 aliphatic carbocycles. The van der Waals surface area contributed by atoms with Crippen molar-refractivity contribution in [1.82, 2.24) is 4.98 Å². The van der Waals surface area contributed by atoms with Crippen LogP contribution in [-0.2, 0) is 23.3 Å². The predicted octanol–water partition coefficient (Wildman–Crippen LogP) is 3.25. The van der Waals surface area contributed by atoms with Crippen LogP contribution in [0.1, 0.15) is 22.4 Å². The highest BCUT2D eigenvalue weighted by atomic mass is 32.2. The monoisotopic (exact) mass is 344 g/mol. The highest BCUT2D eigenvalue weighted by Crippen LogP contribution is 2.33. The Kier molecular flexibility index (Phi) is 4.78. The first-order valence-electron chi connectivity index (χ1n) is 7.65. The summed E-state index contributed by atoms with van der Waals surface area (Å²) in [5, 5.41) is 0.680. The molecule has 0 bridgehead atoms. The maximum absolute atomic E-state index is 12.7. The number of hydrogen-bond donors (Lipinski definition) is 0. The van der Waals surface area contributed by atoms with Gasteiger partial charge in [0, 0.05) is 34.6 Å². The summed E-state index contributed by atoms with van der Waals surface area (Å²) in [7, 11) is 3.26. The Bertz CT molecular complexity index is 805. The Balaban J connectivity index is 1.80. The van der Waals surface area contributed by atoms with Crippen molar-refractivity contribution >= 4 is 21.9 Å². The van der Waals surface area contributed by atoms with Gasteiger partial charge in [0.15, 0.2) is 5.75 Å². The second kappa shape index (κ2) is 6.83. The minimum Gasteiger partial charge on any atom is -0.610 e. The third kappa shape index (κ3) is 3.12. The van der Waals surface area contributed by atoms with E-state index in [0.717, 1.165) is 39.6 Å². The summed E-state index contributed by atoms with van der Waals surface area (Å²) in [6.45, 7) is 3.89. The molecule has 0 spiro atoms. The first-order chi connectivity index (χ1) is 11.5. The molecule has 1 aromatic carbocycles. The maximum Gasteiger partial charge on any atom is 0.225 e. The van der Waals surface area contributed by atoms with E-state index in [4.69, 9.17) is 9.47 Å². The topological polar surface area (TPSA) is 66.8 Å². The van der Waals surface area contributed by atoms with Gasteiger partial charge < -0.3 is 14.0 Å². The second-order valence-electron chi connectivity index (χ2n) is 5.71. The number of aliphatic imine (C=N–C) groups is 1. The summed E-state index contributed by atoms with van der Waals surface area (Å²) in [4.78, 5) is 8.95. The largest absolute Gasteiger partial charge is 0.610 e. The summed E-state index contributed by atoms with van der Waals surface area (Å²) < 4.78 is 23.4. The maximum atomic E-state index is 12.7. The predicted molar refractivity (Wildman–Crippen MR) is 95.9 cm³/mol. The van der Waals surface area contributed by atoms with Crippen LogP contribution in [0.4, 0.5) is 5.69 Å². The average Bonchev–Trinajstić information content (AvgIpc) is 3.01. The zero-order valence-electron chi connectivity index (χ0n) is 14.3. The summed E-state index contributed by atoms with van der Waals surface area (Å²) in [6.07, 6.45) is 2.36. The van der Waals surface area contributed by atoms with Crippen LogP contribution in [0.25, 0.3) is 0 Å². The lowest BCUT2D eigenvalue weighted by molar-refractivity contribution is 0.407. The molecule has 0 amide bonds. The molecule has 0 saturated carbocycles. The van der Waals surface area contributed by atoms with Crippen molar-refractivity contribution in [2.75, 3.05) is 14.2 Å². The second-order valence-corrected chi connectivity index (χ2v) is 7.16. The first-order valence-corrected chi connectivity index (χ1v) is 8.97. The van der Waals surface area contributed by atoms with Gasteiger partial charge in [-0.05, 0) is 25.5 Å². The fraction of sp³-hybridized carbons (Fsp3) is 0.333. The van der Waals surface area contributed by atoms with Crippen LogP contribution < -0.4 is 9.47 Å². The molecule has 6 heteroatoms. The lowest BCUT2D eigenvalue weighted by Crippen LogP contribution is -2.18. The van der Waals surface area contributed by atoms with Gasteiger partial charge in [0.2, 0.25) is 5.04 Å². The number of hydrogen-bond acceptors (Lipinski definition) is 5. The van der Waals surface area contributed by atoms with Crippen molar-refractivity contribution < 1.29 is 14.0 Å². The van der Waals surface area contributed by atoms with Crippen LogP contribution in [0.5, 0.6) is 11.5 Å². The Morgan fingerprint density at radius 1 is 1.21 bits per heavy atom. The minimum atomic E-state index is -1.22. The fourth-order valence-corrected chi connectivity index (χ4v) is 4.04. The summed E-state index contributed by atoms with van der Waals surface area (Å²) in [6, 6.07) is 5.75. The summed E-state index contributed by atoms with van der Waals surface area (Å²) in [5.41, 5.74) is 4.60. The highest BCUT2D eigenvalue weighted by molar-refractivity contribution is 8.05. The Morgan fingerprint density at radius 2 is 2.00 bits per heavy atom. The molecule has 5 nitrogen and oxygen atoms in total. The quantitative estimate of drug-likeness (QED) is 0.799. The van der Waals surface area contributed by atoms with E-state index in [-0.39, 0.29) is 0 Å². The third-order valence-corrected chi connectivity index (χ3v) is 5.46. The van der Waals surface area contributed by atoms with Crippen LogP contribution in [0, 0.1) is 13.8 Å². The SMILES string of the molecule is COc1ccc2c(c1)N=C([S+]([O-])Cc1ncc(C)c(OC)c1C)C2. The van der Waals surface area contributed by atoms with E-state index in [1.807, 2.05) is 32.0 Å². The molecule has 1 unspecified atom stereocenters. The van der Waals surface area contributed by atoms with Crippen molar-refractivity contribution in [1.29, 1.82) is 0 Å². The molecule has 0 saturated heterocycles. The molecule has 0 N–H and O–H groups in total. The lowest BCUT2D eigenvalue weighted by Gasteiger charge is -2.14. The number of ether oxygens (including phenoxy) is 2. The number of pyridine rings is 1. The van der Waals surface area contributed by atoms with Gasteiger partial charge in [0.05, 0.1) is 32.0 Å². The zero-order valence-corrected chi connectivity index (χ0v) is 15.1. The van der Waals surface area contributed by atoms with Gasteiger partial charge in [0.25, 0.3) is 0 Å². The number of aromatic nitrogens is 1. The normalized spacial score (nSPS) is 14.1. The van der Waals surface area contributed by atoms with Gasteiger partial charge >= 0.3 is 0 Å². The molecule has 1 aromatic heterocycles. The zero-order chi connectivity index (χ0) is 17.3. The van der Waals surface area contributed by atoms with Crippen LogP contribution in [-0.4, -0.2) is 28.8 Å². The molecular formula is C18H20N2O3S. The van der Waals surface area contributed by atoms with E-state index in [2.05, 4.69) is 9.98 Å². The van der Waals surface area contributed by atoms with Gasteiger partial charge in [-0.15, -0.1) is 0 Å². The van der Waals surface area contributed by atoms with Gasteiger partial charge in [-0.2, -0.15) is 0 Å². The minimum absolute atomic E-state index is 0.340.